The third kappa shape index (κ3) is 3.45. The van der Waals surface area contributed by atoms with Crippen molar-refractivity contribution in [1.82, 2.24) is 25.1 Å². The van der Waals surface area contributed by atoms with Gasteiger partial charge in [-0.1, -0.05) is 0 Å². The molecule has 1 saturated carbocycles. The van der Waals surface area contributed by atoms with E-state index in [1.807, 2.05) is 32.3 Å². The Kier molecular flexibility index (Phi) is 4.45. The van der Waals surface area contributed by atoms with Crippen molar-refractivity contribution in [3.05, 3.63) is 46.9 Å². The molecule has 0 spiro atoms. The molecule has 3 aromatic rings. The molecule has 5 rings (SSSR count). The fourth-order valence-electron chi connectivity index (χ4n) is 4.20. The Balaban J connectivity index is 1.40. The summed E-state index contributed by atoms with van der Waals surface area (Å²) in [5.41, 5.74) is 4.37. The highest BCUT2D eigenvalue weighted by Crippen LogP contribution is 2.40. The van der Waals surface area contributed by atoms with Crippen LogP contribution in [-0.4, -0.2) is 38.7 Å². The Morgan fingerprint density at radius 2 is 2.03 bits per heavy atom. The maximum atomic E-state index is 13.1. The summed E-state index contributed by atoms with van der Waals surface area (Å²) >= 11 is 0. The predicted octanol–water partition coefficient (Wildman–Crippen LogP) is 3.08. The van der Waals surface area contributed by atoms with Crippen LogP contribution in [0.3, 0.4) is 0 Å². The van der Waals surface area contributed by atoms with E-state index in [0.29, 0.717) is 18.0 Å². The second-order valence-electron chi connectivity index (χ2n) is 8.18. The minimum absolute atomic E-state index is 0.0741. The first kappa shape index (κ1) is 18.1. The van der Waals surface area contributed by atoms with E-state index in [4.69, 9.17) is 4.98 Å². The molecule has 3 aromatic heterocycles. The van der Waals surface area contributed by atoms with E-state index in [1.54, 1.807) is 4.68 Å². The topological polar surface area (TPSA) is 75.9 Å². The summed E-state index contributed by atoms with van der Waals surface area (Å²) in [5.74, 6) is 1.40. The van der Waals surface area contributed by atoms with Gasteiger partial charge in [-0.3, -0.25) is 9.48 Å². The van der Waals surface area contributed by atoms with Crippen molar-refractivity contribution in [2.75, 3.05) is 18.0 Å². The molecule has 7 heteroatoms. The highest BCUT2D eigenvalue weighted by molar-refractivity contribution is 6.06. The van der Waals surface area contributed by atoms with Gasteiger partial charge in [0.05, 0.1) is 16.6 Å². The standard InChI is InChI=1S/C22H26N6O/c1-14-20-17(12-18(16-5-6-16)25-21(20)27(2)26-14)22(29)24-13-15-7-8-23-19(11-15)28-9-3-4-10-28/h7-8,11-12,16H,3-6,9-10,13H2,1-2H3,(H,24,29). The number of carbonyl (C=O) groups is 1. The van der Waals surface area contributed by atoms with Gasteiger partial charge in [0.1, 0.15) is 5.82 Å². The molecular formula is C22H26N6O. The summed E-state index contributed by atoms with van der Waals surface area (Å²) in [6.45, 7) is 4.52. The summed E-state index contributed by atoms with van der Waals surface area (Å²) in [4.78, 5) is 24.7. The van der Waals surface area contributed by atoms with Crippen LogP contribution in [0.25, 0.3) is 11.0 Å². The van der Waals surface area contributed by atoms with Crippen LogP contribution in [0.4, 0.5) is 5.82 Å². The molecule has 0 radical (unpaired) electrons. The zero-order valence-corrected chi connectivity index (χ0v) is 17.0. The molecule has 2 aliphatic rings. The van der Waals surface area contributed by atoms with Crippen molar-refractivity contribution in [2.24, 2.45) is 7.05 Å². The van der Waals surface area contributed by atoms with Gasteiger partial charge in [-0.15, -0.1) is 0 Å². The van der Waals surface area contributed by atoms with E-state index in [2.05, 4.69) is 26.4 Å². The fourth-order valence-corrected chi connectivity index (χ4v) is 4.20. The van der Waals surface area contributed by atoms with E-state index in [-0.39, 0.29) is 5.91 Å². The molecule has 150 valence electrons. The number of nitrogens with one attached hydrogen (secondary N) is 1. The molecule has 2 fully saturated rings. The summed E-state index contributed by atoms with van der Waals surface area (Å²) in [6.07, 6.45) is 6.55. The Bertz CT molecular complexity index is 1080. The third-order valence-electron chi connectivity index (χ3n) is 5.92. The van der Waals surface area contributed by atoms with Gasteiger partial charge in [-0.25, -0.2) is 9.97 Å². The Labute approximate surface area is 170 Å². The number of hydrogen-bond acceptors (Lipinski definition) is 5. The van der Waals surface area contributed by atoms with Gasteiger partial charge in [0.25, 0.3) is 5.91 Å². The average molecular weight is 390 g/mol. The Hall–Kier alpha value is -2.96. The first-order valence-electron chi connectivity index (χ1n) is 10.4. The second kappa shape index (κ2) is 7.13. The fraction of sp³-hybridized carbons (Fsp3) is 0.455. The van der Waals surface area contributed by atoms with Crippen molar-refractivity contribution >= 4 is 22.8 Å². The van der Waals surface area contributed by atoms with Gasteiger partial charge in [-0.2, -0.15) is 5.10 Å². The predicted molar refractivity (Wildman–Crippen MR) is 112 cm³/mol. The first-order chi connectivity index (χ1) is 14.1. The van der Waals surface area contributed by atoms with Crippen LogP contribution in [0.2, 0.25) is 0 Å². The van der Waals surface area contributed by atoms with Crippen LogP contribution < -0.4 is 10.2 Å². The van der Waals surface area contributed by atoms with Crippen LogP contribution in [0.5, 0.6) is 0 Å². The van der Waals surface area contributed by atoms with Crippen molar-refractivity contribution < 1.29 is 4.79 Å². The number of aromatic nitrogens is 4. The zero-order chi connectivity index (χ0) is 20.0. The number of pyridine rings is 2. The monoisotopic (exact) mass is 390 g/mol. The van der Waals surface area contributed by atoms with Gasteiger partial charge < -0.3 is 10.2 Å². The van der Waals surface area contributed by atoms with Crippen molar-refractivity contribution in [2.45, 2.75) is 45.1 Å². The smallest absolute Gasteiger partial charge is 0.252 e. The number of fused-ring (bicyclic) bond motifs is 1. The molecule has 1 aliphatic carbocycles. The van der Waals surface area contributed by atoms with Crippen LogP contribution >= 0.6 is 0 Å². The lowest BCUT2D eigenvalue weighted by molar-refractivity contribution is 0.0952. The van der Waals surface area contributed by atoms with Crippen LogP contribution in [0, 0.1) is 6.92 Å². The molecule has 0 bridgehead atoms. The van der Waals surface area contributed by atoms with E-state index < -0.39 is 0 Å². The molecule has 1 amide bonds. The molecule has 0 unspecified atom stereocenters. The van der Waals surface area contributed by atoms with E-state index >= 15 is 0 Å². The lowest BCUT2D eigenvalue weighted by Crippen LogP contribution is -2.24. The number of nitrogens with zero attached hydrogens (tertiary/aromatic N) is 5. The molecule has 4 heterocycles. The van der Waals surface area contributed by atoms with Crippen LogP contribution in [0.1, 0.15) is 58.9 Å². The van der Waals surface area contributed by atoms with E-state index in [9.17, 15) is 4.79 Å². The van der Waals surface area contributed by atoms with E-state index in [0.717, 1.165) is 59.7 Å². The van der Waals surface area contributed by atoms with Crippen molar-refractivity contribution in [1.29, 1.82) is 0 Å². The Morgan fingerprint density at radius 3 is 2.79 bits per heavy atom. The zero-order valence-electron chi connectivity index (χ0n) is 17.0. The number of rotatable bonds is 5. The second-order valence-corrected chi connectivity index (χ2v) is 8.18. The number of amides is 1. The molecule has 1 aliphatic heterocycles. The normalized spacial score (nSPS) is 16.6. The third-order valence-corrected chi connectivity index (χ3v) is 5.92. The Morgan fingerprint density at radius 1 is 1.24 bits per heavy atom. The number of aryl methyl sites for hydroxylation is 2. The van der Waals surface area contributed by atoms with Gasteiger partial charge in [0, 0.05) is 44.5 Å². The van der Waals surface area contributed by atoms with Gasteiger partial charge in [0.15, 0.2) is 5.65 Å². The maximum Gasteiger partial charge on any atom is 0.252 e. The summed E-state index contributed by atoms with van der Waals surface area (Å²) in [6, 6.07) is 6.01. The highest BCUT2D eigenvalue weighted by atomic mass is 16.1. The minimum Gasteiger partial charge on any atom is -0.357 e. The molecule has 1 N–H and O–H groups in total. The summed E-state index contributed by atoms with van der Waals surface area (Å²) in [5, 5.41) is 8.44. The van der Waals surface area contributed by atoms with Crippen LogP contribution in [0.15, 0.2) is 24.4 Å². The van der Waals surface area contributed by atoms with Crippen molar-refractivity contribution in [3.63, 3.8) is 0 Å². The average Bonchev–Trinajstić information content (AvgIpc) is 3.36. The SMILES string of the molecule is Cc1nn(C)c2nc(C3CC3)cc(C(=O)NCc3ccnc(N4CCCC4)c3)c12. The van der Waals surface area contributed by atoms with Gasteiger partial charge in [0.2, 0.25) is 0 Å². The number of hydrogen-bond donors (Lipinski definition) is 1. The molecule has 7 nitrogen and oxygen atoms in total. The lowest BCUT2D eigenvalue weighted by atomic mass is 10.1. The maximum absolute atomic E-state index is 13.1. The summed E-state index contributed by atoms with van der Waals surface area (Å²) < 4.78 is 1.78. The first-order valence-corrected chi connectivity index (χ1v) is 10.4. The molecule has 0 atom stereocenters. The highest BCUT2D eigenvalue weighted by Gasteiger charge is 2.28. The molecule has 0 aromatic carbocycles. The van der Waals surface area contributed by atoms with E-state index in [1.165, 1.54) is 12.8 Å². The molecular weight excluding hydrogens is 364 g/mol. The quantitative estimate of drug-likeness (QED) is 0.725. The minimum atomic E-state index is -0.0741. The van der Waals surface area contributed by atoms with Crippen molar-refractivity contribution in [3.8, 4) is 0 Å². The largest absolute Gasteiger partial charge is 0.357 e. The van der Waals surface area contributed by atoms with Gasteiger partial charge >= 0.3 is 0 Å². The van der Waals surface area contributed by atoms with Gasteiger partial charge in [-0.05, 0) is 56.4 Å². The summed E-state index contributed by atoms with van der Waals surface area (Å²) in [7, 11) is 1.89. The van der Waals surface area contributed by atoms with Crippen LogP contribution in [-0.2, 0) is 13.6 Å². The number of anilines is 1. The molecule has 29 heavy (non-hydrogen) atoms. The number of carbonyl (C=O) groups excluding carboxylic acids is 1. The lowest BCUT2D eigenvalue weighted by Gasteiger charge is -2.17. The molecule has 1 saturated heterocycles.